The lowest BCUT2D eigenvalue weighted by molar-refractivity contribution is 0.585. The largest absolute Gasteiger partial charge is 0.306 e. The molecule has 0 saturated carbocycles. The van der Waals surface area contributed by atoms with Crippen molar-refractivity contribution >= 4 is 11.6 Å². The van der Waals surface area contributed by atoms with E-state index >= 15 is 0 Å². The van der Waals surface area contributed by atoms with Gasteiger partial charge < -0.3 is 5.32 Å². The quantitative estimate of drug-likeness (QED) is 0.802. The minimum atomic E-state index is -0.373. The van der Waals surface area contributed by atoms with E-state index in [2.05, 4.69) is 44.3 Å². The number of nitrogens with one attached hydrogen (secondary N) is 1. The van der Waals surface area contributed by atoms with Gasteiger partial charge in [-0.25, -0.2) is 4.39 Å². The lowest BCUT2D eigenvalue weighted by Gasteiger charge is -2.21. The molecule has 0 spiro atoms. The first kappa shape index (κ1) is 16.0. The highest BCUT2D eigenvalue weighted by Gasteiger charge is 2.15. The maximum atomic E-state index is 13.8. The van der Waals surface area contributed by atoms with Crippen molar-refractivity contribution in [3.05, 3.63) is 69.5 Å². The first-order chi connectivity index (χ1) is 10.0. The fraction of sp³-hybridized carbons (Fsp3) is 0.333. The molecule has 21 heavy (non-hydrogen) atoms. The van der Waals surface area contributed by atoms with E-state index in [1.165, 1.54) is 17.2 Å². The van der Waals surface area contributed by atoms with Crippen molar-refractivity contribution in [2.75, 3.05) is 6.54 Å². The van der Waals surface area contributed by atoms with Crippen molar-refractivity contribution in [1.82, 2.24) is 5.32 Å². The molecule has 112 valence electrons. The lowest BCUT2D eigenvalue weighted by atomic mass is 9.95. The van der Waals surface area contributed by atoms with Crippen molar-refractivity contribution in [2.45, 2.75) is 33.2 Å². The van der Waals surface area contributed by atoms with Crippen LogP contribution in [0.2, 0.25) is 5.02 Å². The second kappa shape index (κ2) is 7.06. The molecular formula is C18H21ClFN. The zero-order valence-corrected chi connectivity index (χ0v) is 13.5. The van der Waals surface area contributed by atoms with Crippen molar-refractivity contribution in [3.8, 4) is 0 Å². The van der Waals surface area contributed by atoms with Crippen LogP contribution >= 0.6 is 11.6 Å². The second-order valence-corrected chi connectivity index (χ2v) is 5.89. The summed E-state index contributed by atoms with van der Waals surface area (Å²) in [6.07, 6.45) is 1.03. The van der Waals surface area contributed by atoms with Crippen LogP contribution in [0.4, 0.5) is 4.39 Å². The van der Waals surface area contributed by atoms with E-state index in [0.717, 1.165) is 24.1 Å². The molecule has 0 bridgehead atoms. The summed E-state index contributed by atoms with van der Waals surface area (Å²) in [6, 6.07) is 11.4. The van der Waals surface area contributed by atoms with Crippen LogP contribution in [0.25, 0.3) is 0 Å². The summed E-state index contributed by atoms with van der Waals surface area (Å²) in [5.74, 6) is -0.373. The predicted octanol–water partition coefficient (Wildman–Crippen LogP) is 5.18. The average Bonchev–Trinajstić information content (AvgIpc) is 2.42. The molecule has 1 nitrogen and oxygen atoms in total. The molecule has 1 unspecified atom stereocenters. The van der Waals surface area contributed by atoms with Crippen molar-refractivity contribution in [2.24, 2.45) is 0 Å². The average molecular weight is 306 g/mol. The Labute approximate surface area is 131 Å². The van der Waals surface area contributed by atoms with Gasteiger partial charge in [0.15, 0.2) is 0 Å². The highest BCUT2D eigenvalue weighted by molar-refractivity contribution is 6.30. The Hall–Kier alpha value is -1.38. The first-order valence-electron chi connectivity index (χ1n) is 7.27. The zero-order valence-electron chi connectivity index (χ0n) is 12.7. The van der Waals surface area contributed by atoms with Gasteiger partial charge in [0.1, 0.15) is 5.82 Å². The number of hydrogen-bond donors (Lipinski definition) is 1. The normalized spacial score (nSPS) is 12.4. The fourth-order valence-corrected chi connectivity index (χ4v) is 2.70. The maximum absolute atomic E-state index is 13.8. The number of hydrogen-bond acceptors (Lipinski definition) is 1. The molecule has 0 aliphatic carbocycles. The molecule has 2 aromatic rings. The number of rotatable bonds is 5. The van der Waals surface area contributed by atoms with E-state index in [9.17, 15) is 4.39 Å². The third-order valence-corrected chi connectivity index (χ3v) is 3.76. The van der Waals surface area contributed by atoms with Gasteiger partial charge in [-0.3, -0.25) is 0 Å². The minimum Gasteiger partial charge on any atom is -0.306 e. The summed E-state index contributed by atoms with van der Waals surface area (Å²) in [4.78, 5) is 0. The molecular weight excluding hydrogens is 285 g/mol. The first-order valence-corrected chi connectivity index (χ1v) is 7.65. The number of aryl methyl sites for hydroxylation is 2. The van der Waals surface area contributed by atoms with Crippen LogP contribution < -0.4 is 5.32 Å². The van der Waals surface area contributed by atoms with E-state index in [1.807, 2.05) is 6.07 Å². The third kappa shape index (κ3) is 4.05. The van der Waals surface area contributed by atoms with Crippen molar-refractivity contribution in [3.63, 3.8) is 0 Å². The lowest BCUT2D eigenvalue weighted by Crippen LogP contribution is -2.23. The van der Waals surface area contributed by atoms with Crippen LogP contribution in [0.1, 0.15) is 41.6 Å². The van der Waals surface area contributed by atoms with Crippen LogP contribution in [0.15, 0.2) is 36.4 Å². The van der Waals surface area contributed by atoms with E-state index in [1.54, 1.807) is 6.07 Å². The highest BCUT2D eigenvalue weighted by atomic mass is 35.5. The summed E-state index contributed by atoms with van der Waals surface area (Å²) in [5.41, 5.74) is 4.48. The van der Waals surface area contributed by atoms with E-state index < -0.39 is 0 Å². The van der Waals surface area contributed by atoms with Gasteiger partial charge in [0.25, 0.3) is 0 Å². The van der Waals surface area contributed by atoms with Crippen molar-refractivity contribution < 1.29 is 4.39 Å². The molecule has 0 fully saturated rings. The van der Waals surface area contributed by atoms with Gasteiger partial charge in [-0.1, -0.05) is 53.9 Å². The molecule has 0 aliphatic rings. The Balaban J connectivity index is 2.43. The van der Waals surface area contributed by atoms with Gasteiger partial charge in [0.2, 0.25) is 0 Å². The molecule has 0 radical (unpaired) electrons. The Kier molecular flexibility index (Phi) is 5.38. The molecule has 2 aromatic carbocycles. The van der Waals surface area contributed by atoms with E-state index in [-0.39, 0.29) is 16.9 Å². The molecule has 0 aliphatic heterocycles. The summed E-state index contributed by atoms with van der Waals surface area (Å²) in [6.45, 7) is 7.15. The highest BCUT2D eigenvalue weighted by Crippen LogP contribution is 2.27. The Morgan fingerprint density at radius 3 is 2.29 bits per heavy atom. The predicted molar refractivity (Wildman–Crippen MR) is 87.5 cm³/mol. The van der Waals surface area contributed by atoms with E-state index in [4.69, 9.17) is 11.6 Å². The van der Waals surface area contributed by atoms with Crippen LogP contribution in [-0.4, -0.2) is 6.54 Å². The van der Waals surface area contributed by atoms with Gasteiger partial charge in [-0.05, 0) is 50.1 Å². The second-order valence-electron chi connectivity index (χ2n) is 5.48. The molecule has 2 rings (SSSR count). The van der Waals surface area contributed by atoms with Gasteiger partial charge in [-0.15, -0.1) is 0 Å². The number of halogens is 2. The smallest absolute Gasteiger partial charge is 0.142 e. The van der Waals surface area contributed by atoms with Crippen LogP contribution in [-0.2, 0) is 0 Å². The van der Waals surface area contributed by atoms with Gasteiger partial charge in [0.05, 0.1) is 11.1 Å². The minimum absolute atomic E-state index is 0.0182. The van der Waals surface area contributed by atoms with Crippen LogP contribution in [0, 0.1) is 19.7 Å². The molecule has 1 atom stereocenters. The Bertz CT molecular complexity index is 604. The van der Waals surface area contributed by atoms with Crippen LogP contribution in [0.3, 0.4) is 0 Å². The molecule has 3 heteroatoms. The third-order valence-electron chi connectivity index (χ3n) is 3.45. The molecule has 0 saturated heterocycles. The number of benzene rings is 2. The van der Waals surface area contributed by atoms with Crippen molar-refractivity contribution in [1.29, 1.82) is 0 Å². The van der Waals surface area contributed by atoms with E-state index in [0.29, 0.717) is 0 Å². The summed E-state index contributed by atoms with van der Waals surface area (Å²) >= 11 is 5.79. The molecule has 0 amide bonds. The fourth-order valence-electron chi connectivity index (χ4n) is 2.59. The zero-order chi connectivity index (χ0) is 15.4. The SMILES string of the molecule is CCCNC(c1cc(C)cc(C)c1)c1ccc(Cl)c(F)c1. The summed E-state index contributed by atoms with van der Waals surface area (Å²) < 4.78 is 13.8. The summed E-state index contributed by atoms with van der Waals surface area (Å²) in [7, 11) is 0. The van der Waals surface area contributed by atoms with Gasteiger partial charge in [0, 0.05) is 0 Å². The Morgan fingerprint density at radius 1 is 1.05 bits per heavy atom. The van der Waals surface area contributed by atoms with Crippen LogP contribution in [0.5, 0.6) is 0 Å². The van der Waals surface area contributed by atoms with Gasteiger partial charge >= 0.3 is 0 Å². The molecule has 0 aromatic heterocycles. The maximum Gasteiger partial charge on any atom is 0.142 e. The monoisotopic (exact) mass is 305 g/mol. The Morgan fingerprint density at radius 2 is 1.71 bits per heavy atom. The van der Waals surface area contributed by atoms with Gasteiger partial charge in [-0.2, -0.15) is 0 Å². The molecule has 0 heterocycles. The summed E-state index contributed by atoms with van der Waals surface area (Å²) in [5, 5.41) is 3.65. The topological polar surface area (TPSA) is 12.0 Å². The standard InChI is InChI=1S/C18H21ClFN/c1-4-7-21-18(14-5-6-16(19)17(20)11-14)15-9-12(2)8-13(3)10-15/h5-6,8-11,18,21H,4,7H2,1-3H3. The molecule has 1 N–H and O–H groups in total.